The summed E-state index contributed by atoms with van der Waals surface area (Å²) in [5, 5.41) is 3.67. The lowest BCUT2D eigenvalue weighted by molar-refractivity contribution is 0.153. The number of rotatable bonds is 2. The molecule has 2 rings (SSSR count). The van der Waals surface area contributed by atoms with E-state index in [0.717, 1.165) is 25.9 Å². The third-order valence-electron chi connectivity index (χ3n) is 2.12. The summed E-state index contributed by atoms with van der Waals surface area (Å²) < 4.78 is 5.57. The number of hydrogen-bond acceptors (Lipinski definition) is 4. The molecule has 15 heavy (non-hydrogen) atoms. The maximum Gasteiger partial charge on any atom is 0.318 e. The minimum atomic E-state index is 0. The zero-order chi connectivity index (χ0) is 9.80. The molecule has 1 aromatic heterocycles. The second-order valence-electron chi connectivity index (χ2n) is 3.25. The van der Waals surface area contributed by atoms with Crippen LogP contribution < -0.4 is 10.1 Å². The van der Waals surface area contributed by atoms with Gasteiger partial charge >= 0.3 is 6.01 Å². The fraction of sp³-hybridized carbons (Fsp3) is 0.556. The van der Waals surface area contributed by atoms with Crippen molar-refractivity contribution >= 4 is 24.0 Å². The minimum Gasteiger partial charge on any atom is -0.459 e. The van der Waals surface area contributed by atoms with Crippen LogP contribution in [0, 0.1) is 0 Å². The Balaban J connectivity index is 0.00000112. The Morgan fingerprint density at radius 2 is 2.40 bits per heavy atom. The van der Waals surface area contributed by atoms with Gasteiger partial charge < -0.3 is 10.1 Å². The summed E-state index contributed by atoms with van der Waals surface area (Å²) in [4.78, 5) is 7.96. The summed E-state index contributed by atoms with van der Waals surface area (Å²) in [6.07, 6.45) is 3.94. The van der Waals surface area contributed by atoms with Gasteiger partial charge in [-0.15, -0.1) is 12.4 Å². The maximum absolute atomic E-state index is 5.72. The van der Waals surface area contributed by atoms with Crippen molar-refractivity contribution in [3.05, 3.63) is 17.4 Å². The number of nitrogens with zero attached hydrogens (tertiary/aromatic N) is 2. The summed E-state index contributed by atoms with van der Waals surface area (Å²) in [6.45, 7) is 1.92. The van der Waals surface area contributed by atoms with Gasteiger partial charge in [-0.25, -0.2) is 4.98 Å². The highest BCUT2D eigenvalue weighted by molar-refractivity contribution is 6.29. The molecule has 1 fully saturated rings. The first-order valence-electron chi connectivity index (χ1n) is 4.70. The van der Waals surface area contributed by atoms with Crippen LogP contribution in [0.4, 0.5) is 0 Å². The Bertz CT molecular complexity index is 305. The molecule has 1 N–H and O–H groups in total. The topological polar surface area (TPSA) is 47.0 Å². The largest absolute Gasteiger partial charge is 0.459 e. The van der Waals surface area contributed by atoms with Gasteiger partial charge in [0, 0.05) is 12.7 Å². The van der Waals surface area contributed by atoms with Crippen LogP contribution in [0.15, 0.2) is 12.3 Å². The van der Waals surface area contributed by atoms with Crippen LogP contribution in [0.3, 0.4) is 0 Å². The second kappa shape index (κ2) is 6.10. The Kier molecular flexibility index (Phi) is 5.08. The number of halogens is 2. The zero-order valence-corrected chi connectivity index (χ0v) is 9.72. The summed E-state index contributed by atoms with van der Waals surface area (Å²) >= 11 is 5.72. The van der Waals surface area contributed by atoms with Crippen molar-refractivity contribution < 1.29 is 4.74 Å². The van der Waals surface area contributed by atoms with Crippen LogP contribution in [-0.2, 0) is 0 Å². The Labute approximate surface area is 99.8 Å². The van der Waals surface area contributed by atoms with Crippen molar-refractivity contribution in [3.8, 4) is 6.01 Å². The third kappa shape index (κ3) is 3.81. The Morgan fingerprint density at radius 1 is 1.53 bits per heavy atom. The van der Waals surface area contributed by atoms with E-state index in [9.17, 15) is 0 Å². The van der Waals surface area contributed by atoms with Gasteiger partial charge in [0.2, 0.25) is 0 Å². The van der Waals surface area contributed by atoms with E-state index in [1.54, 1.807) is 12.3 Å². The van der Waals surface area contributed by atoms with Gasteiger partial charge in [-0.3, -0.25) is 0 Å². The lowest BCUT2D eigenvalue weighted by Crippen LogP contribution is -2.37. The molecular formula is C9H13Cl2N3O. The number of ether oxygens (including phenoxy) is 1. The molecule has 0 radical (unpaired) electrons. The molecule has 0 aromatic carbocycles. The van der Waals surface area contributed by atoms with Gasteiger partial charge in [-0.05, 0) is 25.5 Å². The molecule has 0 bridgehead atoms. The van der Waals surface area contributed by atoms with Crippen LogP contribution >= 0.6 is 24.0 Å². The van der Waals surface area contributed by atoms with Crippen LogP contribution in [0.2, 0.25) is 5.15 Å². The Hall–Kier alpha value is -0.580. The van der Waals surface area contributed by atoms with Gasteiger partial charge in [0.15, 0.2) is 0 Å². The number of aromatic nitrogens is 2. The van der Waals surface area contributed by atoms with Crippen LogP contribution in [0.1, 0.15) is 12.8 Å². The predicted molar refractivity (Wildman–Crippen MR) is 60.8 cm³/mol. The second-order valence-corrected chi connectivity index (χ2v) is 3.64. The average molecular weight is 250 g/mol. The monoisotopic (exact) mass is 249 g/mol. The summed E-state index contributed by atoms with van der Waals surface area (Å²) in [5.41, 5.74) is 0. The van der Waals surface area contributed by atoms with Crippen molar-refractivity contribution in [2.24, 2.45) is 0 Å². The van der Waals surface area contributed by atoms with E-state index in [1.165, 1.54) is 0 Å². The molecule has 0 amide bonds. The molecule has 1 aliphatic heterocycles. The molecular weight excluding hydrogens is 237 g/mol. The molecule has 2 heterocycles. The highest BCUT2D eigenvalue weighted by Crippen LogP contribution is 2.12. The molecule has 6 heteroatoms. The number of hydrogen-bond donors (Lipinski definition) is 1. The van der Waals surface area contributed by atoms with Crippen molar-refractivity contribution in [2.75, 3.05) is 13.1 Å². The third-order valence-corrected chi connectivity index (χ3v) is 2.33. The molecule has 1 aromatic rings. The highest BCUT2D eigenvalue weighted by Gasteiger charge is 2.15. The van der Waals surface area contributed by atoms with Gasteiger partial charge in [0.05, 0.1) is 0 Å². The molecule has 0 saturated carbocycles. The summed E-state index contributed by atoms with van der Waals surface area (Å²) in [5.74, 6) is 0. The normalized spacial score (nSPS) is 20.5. The van der Waals surface area contributed by atoms with E-state index in [2.05, 4.69) is 15.3 Å². The lowest BCUT2D eigenvalue weighted by atomic mass is 10.1. The van der Waals surface area contributed by atoms with Crippen LogP contribution in [0.5, 0.6) is 6.01 Å². The predicted octanol–water partition coefficient (Wildman–Crippen LogP) is 1.68. The van der Waals surface area contributed by atoms with E-state index in [4.69, 9.17) is 16.3 Å². The lowest BCUT2D eigenvalue weighted by Gasteiger charge is -2.22. The van der Waals surface area contributed by atoms with E-state index in [-0.39, 0.29) is 18.5 Å². The fourth-order valence-corrected chi connectivity index (χ4v) is 1.57. The van der Waals surface area contributed by atoms with Crippen molar-refractivity contribution in [3.63, 3.8) is 0 Å². The van der Waals surface area contributed by atoms with Crippen molar-refractivity contribution in [1.29, 1.82) is 0 Å². The first-order valence-corrected chi connectivity index (χ1v) is 5.08. The maximum atomic E-state index is 5.72. The van der Waals surface area contributed by atoms with Crippen molar-refractivity contribution in [2.45, 2.75) is 18.9 Å². The van der Waals surface area contributed by atoms with Gasteiger partial charge in [-0.2, -0.15) is 4.98 Å². The van der Waals surface area contributed by atoms with Gasteiger partial charge in [-0.1, -0.05) is 11.6 Å². The molecule has 0 unspecified atom stereocenters. The molecule has 0 spiro atoms. The van der Waals surface area contributed by atoms with Crippen molar-refractivity contribution in [1.82, 2.24) is 15.3 Å². The quantitative estimate of drug-likeness (QED) is 0.811. The fourth-order valence-electron chi connectivity index (χ4n) is 1.45. The minimum absolute atomic E-state index is 0. The van der Waals surface area contributed by atoms with Gasteiger partial charge in [0.25, 0.3) is 0 Å². The molecule has 84 valence electrons. The molecule has 0 aliphatic carbocycles. The molecule has 1 atom stereocenters. The summed E-state index contributed by atoms with van der Waals surface area (Å²) in [6, 6.07) is 2.00. The summed E-state index contributed by atoms with van der Waals surface area (Å²) in [7, 11) is 0. The molecule has 4 nitrogen and oxygen atoms in total. The smallest absolute Gasteiger partial charge is 0.318 e. The molecule has 1 aliphatic rings. The van der Waals surface area contributed by atoms with E-state index in [0.29, 0.717) is 11.2 Å². The first kappa shape index (κ1) is 12.5. The van der Waals surface area contributed by atoms with Gasteiger partial charge in [0.1, 0.15) is 11.3 Å². The number of piperidine rings is 1. The van der Waals surface area contributed by atoms with E-state index < -0.39 is 0 Å². The van der Waals surface area contributed by atoms with E-state index in [1.807, 2.05) is 0 Å². The SMILES string of the molecule is Cl.Clc1ccnc(O[C@@H]2CCCNC2)n1. The average Bonchev–Trinajstić information content (AvgIpc) is 2.19. The first-order chi connectivity index (χ1) is 6.84. The standard InChI is InChI=1S/C9H12ClN3O.ClH/c10-8-3-5-12-9(13-8)14-7-2-1-4-11-6-7;/h3,5,7,11H,1-2,4,6H2;1H/t7-;/m1./s1. The van der Waals surface area contributed by atoms with Crippen LogP contribution in [0.25, 0.3) is 0 Å². The molecule has 1 saturated heterocycles. The van der Waals surface area contributed by atoms with Crippen LogP contribution in [-0.4, -0.2) is 29.2 Å². The van der Waals surface area contributed by atoms with E-state index >= 15 is 0 Å². The number of nitrogens with one attached hydrogen (secondary N) is 1. The Morgan fingerprint density at radius 3 is 3.07 bits per heavy atom. The zero-order valence-electron chi connectivity index (χ0n) is 8.15. The highest BCUT2D eigenvalue weighted by atomic mass is 35.5.